The Bertz CT molecular complexity index is 1120. The lowest BCUT2D eigenvalue weighted by atomic mass is 9.99. The summed E-state index contributed by atoms with van der Waals surface area (Å²) < 4.78 is 27.1. The first-order valence-electron chi connectivity index (χ1n) is 9.76. The maximum absolute atomic E-state index is 12.8. The lowest BCUT2D eigenvalue weighted by Crippen LogP contribution is -2.60. The molecule has 170 valence electrons. The standard InChI is InChI=1S/C22H22O10/c1-28-11-2-4-12(5-3-11)30-17-10-29-15-8-13(6-7-14(15)18(17)24)31-22-21(27)20(26)19(25)16(9-23)32-22/h2-8,10,16,19-23,25-27H,9H2,1H3/t16-,19+,20+,21-,22+/m0/s1. The van der Waals surface area contributed by atoms with E-state index < -0.39 is 42.7 Å². The van der Waals surface area contributed by atoms with Gasteiger partial charge in [-0.1, -0.05) is 0 Å². The Hall–Kier alpha value is -3.15. The highest BCUT2D eigenvalue weighted by atomic mass is 16.7. The van der Waals surface area contributed by atoms with Crippen LogP contribution in [0.25, 0.3) is 11.0 Å². The zero-order valence-electron chi connectivity index (χ0n) is 17.0. The van der Waals surface area contributed by atoms with E-state index in [0.29, 0.717) is 11.5 Å². The zero-order valence-corrected chi connectivity index (χ0v) is 17.0. The molecule has 4 N–H and O–H groups in total. The number of hydrogen-bond donors (Lipinski definition) is 4. The molecule has 0 bridgehead atoms. The topological polar surface area (TPSA) is 148 Å². The second-order valence-electron chi connectivity index (χ2n) is 7.18. The molecule has 0 saturated carbocycles. The molecular formula is C22H22O10. The van der Waals surface area contributed by atoms with Crippen molar-refractivity contribution >= 4 is 11.0 Å². The molecule has 10 nitrogen and oxygen atoms in total. The Labute approximate surface area is 181 Å². The van der Waals surface area contributed by atoms with Crippen LogP contribution < -0.4 is 19.6 Å². The summed E-state index contributed by atoms with van der Waals surface area (Å²) in [4.78, 5) is 12.8. The molecule has 1 aliphatic rings. The fourth-order valence-electron chi connectivity index (χ4n) is 3.30. The van der Waals surface area contributed by atoms with Gasteiger partial charge in [-0.25, -0.2) is 0 Å². The molecule has 4 rings (SSSR count). The average molecular weight is 446 g/mol. The van der Waals surface area contributed by atoms with Crippen LogP contribution in [0, 0.1) is 0 Å². The molecule has 5 atom stereocenters. The van der Waals surface area contributed by atoms with E-state index >= 15 is 0 Å². The molecule has 1 fully saturated rings. The molecule has 32 heavy (non-hydrogen) atoms. The van der Waals surface area contributed by atoms with Crippen LogP contribution in [0.2, 0.25) is 0 Å². The van der Waals surface area contributed by atoms with Crippen LogP contribution in [-0.4, -0.2) is 64.8 Å². The van der Waals surface area contributed by atoms with Crippen molar-refractivity contribution in [2.24, 2.45) is 0 Å². The second kappa shape index (κ2) is 9.15. The third-order valence-corrected chi connectivity index (χ3v) is 5.10. The number of rotatable bonds is 6. The fraction of sp³-hybridized carbons (Fsp3) is 0.318. The minimum Gasteiger partial charge on any atom is -0.497 e. The smallest absolute Gasteiger partial charge is 0.235 e. The third kappa shape index (κ3) is 4.27. The number of ether oxygens (including phenoxy) is 4. The molecule has 0 unspecified atom stereocenters. The van der Waals surface area contributed by atoms with Crippen LogP contribution in [0.1, 0.15) is 0 Å². The normalized spacial score (nSPS) is 25.5. The molecular weight excluding hydrogens is 424 g/mol. The van der Waals surface area contributed by atoms with Crippen molar-refractivity contribution in [3.05, 3.63) is 59.0 Å². The van der Waals surface area contributed by atoms with Gasteiger partial charge in [0.2, 0.25) is 17.5 Å². The van der Waals surface area contributed by atoms with E-state index in [4.69, 9.17) is 23.4 Å². The molecule has 0 aliphatic carbocycles. The number of benzene rings is 2. The first-order valence-corrected chi connectivity index (χ1v) is 9.76. The van der Waals surface area contributed by atoms with Crippen molar-refractivity contribution in [1.29, 1.82) is 0 Å². The summed E-state index contributed by atoms with van der Waals surface area (Å²) in [5.41, 5.74) is -0.208. The third-order valence-electron chi connectivity index (χ3n) is 5.10. The van der Waals surface area contributed by atoms with E-state index in [1.165, 1.54) is 24.5 Å². The van der Waals surface area contributed by atoms with E-state index in [1.54, 1.807) is 31.4 Å². The molecule has 1 saturated heterocycles. The van der Waals surface area contributed by atoms with Gasteiger partial charge in [0.1, 0.15) is 53.5 Å². The summed E-state index contributed by atoms with van der Waals surface area (Å²) >= 11 is 0. The van der Waals surface area contributed by atoms with Crippen LogP contribution in [0.5, 0.6) is 23.0 Å². The molecule has 3 aromatic rings. The maximum atomic E-state index is 12.8. The van der Waals surface area contributed by atoms with Gasteiger partial charge < -0.3 is 43.8 Å². The Kier molecular flexibility index (Phi) is 6.31. The van der Waals surface area contributed by atoms with Crippen molar-refractivity contribution in [2.75, 3.05) is 13.7 Å². The van der Waals surface area contributed by atoms with Crippen LogP contribution in [0.4, 0.5) is 0 Å². The Morgan fingerprint density at radius 3 is 2.31 bits per heavy atom. The SMILES string of the molecule is COc1ccc(Oc2coc3cc(O[C@@H]4O[C@@H](CO)[C@@H](O)[C@@H](O)[C@@H]4O)ccc3c2=O)cc1. The van der Waals surface area contributed by atoms with Crippen molar-refractivity contribution in [3.63, 3.8) is 0 Å². The van der Waals surface area contributed by atoms with Crippen molar-refractivity contribution in [1.82, 2.24) is 0 Å². The van der Waals surface area contributed by atoms with E-state index in [9.17, 15) is 25.2 Å². The molecule has 0 spiro atoms. The summed E-state index contributed by atoms with van der Waals surface area (Å²) in [6.45, 7) is -0.575. The molecule has 0 radical (unpaired) electrons. The molecule has 1 aromatic heterocycles. The van der Waals surface area contributed by atoms with Crippen LogP contribution in [0.15, 0.2) is 57.9 Å². The van der Waals surface area contributed by atoms with E-state index in [-0.39, 0.29) is 22.5 Å². The first kappa shape index (κ1) is 22.1. The van der Waals surface area contributed by atoms with E-state index in [0.717, 1.165) is 0 Å². The highest BCUT2D eigenvalue weighted by molar-refractivity contribution is 5.79. The summed E-state index contributed by atoms with van der Waals surface area (Å²) in [5.74, 6) is 1.24. The van der Waals surface area contributed by atoms with Crippen molar-refractivity contribution < 1.29 is 43.8 Å². The van der Waals surface area contributed by atoms with Gasteiger partial charge in [0.05, 0.1) is 19.1 Å². The molecule has 0 amide bonds. The highest BCUT2D eigenvalue weighted by Gasteiger charge is 2.44. The predicted molar refractivity (Wildman–Crippen MR) is 110 cm³/mol. The van der Waals surface area contributed by atoms with Gasteiger partial charge >= 0.3 is 0 Å². The van der Waals surface area contributed by atoms with Gasteiger partial charge in [-0.15, -0.1) is 0 Å². The van der Waals surface area contributed by atoms with E-state index in [1.807, 2.05) is 0 Å². The number of aliphatic hydroxyl groups excluding tert-OH is 4. The van der Waals surface area contributed by atoms with Gasteiger partial charge in [-0.2, -0.15) is 0 Å². The quantitative estimate of drug-likeness (QED) is 0.428. The minimum atomic E-state index is -1.57. The van der Waals surface area contributed by atoms with Gasteiger partial charge in [0.15, 0.2) is 0 Å². The van der Waals surface area contributed by atoms with E-state index in [2.05, 4.69) is 0 Å². The predicted octanol–water partition coefficient (Wildman–Crippen LogP) is 0.773. The molecule has 1 aliphatic heterocycles. The van der Waals surface area contributed by atoms with Crippen LogP contribution >= 0.6 is 0 Å². The zero-order chi connectivity index (χ0) is 22.8. The lowest BCUT2D eigenvalue weighted by molar-refractivity contribution is -0.277. The summed E-state index contributed by atoms with van der Waals surface area (Å²) in [7, 11) is 1.54. The number of hydrogen-bond acceptors (Lipinski definition) is 10. The average Bonchev–Trinajstić information content (AvgIpc) is 2.81. The number of aliphatic hydroxyl groups is 4. The highest BCUT2D eigenvalue weighted by Crippen LogP contribution is 2.28. The van der Waals surface area contributed by atoms with Gasteiger partial charge in [-0.3, -0.25) is 4.79 Å². The summed E-state index contributed by atoms with van der Waals surface area (Å²) in [6.07, 6.45) is -5.90. The minimum absolute atomic E-state index is 0.00901. The Balaban J connectivity index is 1.54. The van der Waals surface area contributed by atoms with Crippen LogP contribution in [-0.2, 0) is 4.74 Å². The second-order valence-corrected chi connectivity index (χ2v) is 7.18. The van der Waals surface area contributed by atoms with Gasteiger partial charge in [0, 0.05) is 6.07 Å². The summed E-state index contributed by atoms with van der Waals surface area (Å²) in [5, 5.41) is 39.4. The van der Waals surface area contributed by atoms with Gasteiger partial charge in [-0.05, 0) is 36.4 Å². The van der Waals surface area contributed by atoms with Crippen molar-refractivity contribution in [2.45, 2.75) is 30.7 Å². The number of methoxy groups -OCH3 is 1. The van der Waals surface area contributed by atoms with Crippen LogP contribution in [0.3, 0.4) is 0 Å². The monoisotopic (exact) mass is 446 g/mol. The molecule has 10 heteroatoms. The fourth-order valence-corrected chi connectivity index (χ4v) is 3.30. The maximum Gasteiger partial charge on any atom is 0.235 e. The lowest BCUT2D eigenvalue weighted by Gasteiger charge is -2.39. The summed E-state index contributed by atoms with van der Waals surface area (Å²) in [6, 6.07) is 11.0. The Morgan fingerprint density at radius 1 is 0.938 bits per heavy atom. The first-order chi connectivity index (χ1) is 15.4. The van der Waals surface area contributed by atoms with Gasteiger partial charge in [0.25, 0.3) is 0 Å². The molecule has 2 heterocycles. The largest absolute Gasteiger partial charge is 0.497 e. The van der Waals surface area contributed by atoms with Crippen molar-refractivity contribution in [3.8, 4) is 23.0 Å². The number of fused-ring (bicyclic) bond motifs is 1. The Morgan fingerprint density at radius 2 is 1.62 bits per heavy atom. The molecule has 2 aromatic carbocycles.